The first-order chi connectivity index (χ1) is 8.65. The Hall–Kier alpha value is -0.360. The molecule has 1 fully saturated rings. The van der Waals surface area contributed by atoms with Crippen LogP contribution in [0.5, 0.6) is 0 Å². The molecule has 0 spiro atoms. The van der Waals surface area contributed by atoms with Crippen LogP contribution in [0.15, 0.2) is 5.38 Å². The largest absolute Gasteiger partial charge is 0.340 e. The maximum absolute atomic E-state index is 12.1. The molecule has 7 heteroatoms. The summed E-state index contributed by atoms with van der Waals surface area (Å²) >= 11 is 1.64. The molecule has 1 N–H and O–H groups in total. The van der Waals surface area contributed by atoms with Crippen molar-refractivity contribution < 1.29 is 4.79 Å². The van der Waals surface area contributed by atoms with E-state index >= 15 is 0 Å². The van der Waals surface area contributed by atoms with Crippen molar-refractivity contribution in [3.05, 3.63) is 16.1 Å². The van der Waals surface area contributed by atoms with Gasteiger partial charge in [0.1, 0.15) is 0 Å². The van der Waals surface area contributed by atoms with Crippen LogP contribution in [0.4, 0.5) is 0 Å². The number of nitrogens with one attached hydrogen (secondary N) is 1. The van der Waals surface area contributed by atoms with Gasteiger partial charge in [0.15, 0.2) is 0 Å². The van der Waals surface area contributed by atoms with Crippen LogP contribution in [0, 0.1) is 12.8 Å². The molecule has 0 aromatic carbocycles. The highest BCUT2D eigenvalue weighted by Gasteiger charge is 2.19. The first-order valence-electron chi connectivity index (χ1n) is 6.51. The topological polar surface area (TPSA) is 45.2 Å². The fraction of sp³-hybridized carbons (Fsp3) is 0.692. The standard InChI is InChI=1S/C13H21N3OS.2ClH/c1-10-15-12(9-18-10)8-16(2)13(17)7-11-3-5-14-6-4-11;;/h9,11,14H,3-8H2,1-2H3;2*1H. The smallest absolute Gasteiger partial charge is 0.222 e. The number of aryl methyl sites for hydroxylation is 1. The van der Waals surface area contributed by atoms with Crippen LogP contribution in [-0.4, -0.2) is 35.9 Å². The van der Waals surface area contributed by atoms with Crippen LogP contribution in [0.2, 0.25) is 0 Å². The Labute approximate surface area is 137 Å². The molecular weight excluding hydrogens is 317 g/mol. The summed E-state index contributed by atoms with van der Waals surface area (Å²) in [6.45, 7) is 4.72. The van der Waals surface area contributed by atoms with E-state index in [4.69, 9.17) is 0 Å². The highest BCUT2D eigenvalue weighted by atomic mass is 35.5. The van der Waals surface area contributed by atoms with Gasteiger partial charge < -0.3 is 10.2 Å². The van der Waals surface area contributed by atoms with Crippen LogP contribution in [0.3, 0.4) is 0 Å². The molecule has 0 atom stereocenters. The van der Waals surface area contributed by atoms with E-state index in [0.717, 1.165) is 36.6 Å². The second kappa shape index (κ2) is 9.55. The lowest BCUT2D eigenvalue weighted by atomic mass is 9.94. The van der Waals surface area contributed by atoms with Crippen molar-refractivity contribution >= 4 is 42.1 Å². The zero-order chi connectivity index (χ0) is 13.0. The van der Waals surface area contributed by atoms with E-state index in [-0.39, 0.29) is 30.7 Å². The minimum absolute atomic E-state index is 0. The van der Waals surface area contributed by atoms with E-state index in [1.807, 2.05) is 19.4 Å². The van der Waals surface area contributed by atoms with Crippen molar-refractivity contribution in [2.75, 3.05) is 20.1 Å². The fourth-order valence-corrected chi connectivity index (χ4v) is 2.90. The van der Waals surface area contributed by atoms with Gasteiger partial charge in [0.2, 0.25) is 5.91 Å². The van der Waals surface area contributed by atoms with Crippen molar-refractivity contribution in [1.82, 2.24) is 15.2 Å². The molecule has 4 nitrogen and oxygen atoms in total. The summed E-state index contributed by atoms with van der Waals surface area (Å²) in [5.74, 6) is 0.797. The first-order valence-corrected chi connectivity index (χ1v) is 7.39. The van der Waals surface area contributed by atoms with Gasteiger partial charge in [-0.15, -0.1) is 36.2 Å². The normalized spacial score (nSPS) is 15.1. The molecular formula is C13H23Cl2N3OS. The van der Waals surface area contributed by atoms with E-state index in [1.165, 1.54) is 0 Å². The monoisotopic (exact) mass is 339 g/mol. The fourth-order valence-electron chi connectivity index (χ4n) is 2.30. The maximum Gasteiger partial charge on any atom is 0.222 e. The van der Waals surface area contributed by atoms with E-state index < -0.39 is 0 Å². The summed E-state index contributed by atoms with van der Waals surface area (Å²) in [6, 6.07) is 0. The predicted molar refractivity (Wildman–Crippen MR) is 88.0 cm³/mol. The van der Waals surface area contributed by atoms with Crippen LogP contribution in [-0.2, 0) is 11.3 Å². The molecule has 0 radical (unpaired) electrons. The first kappa shape index (κ1) is 19.6. The van der Waals surface area contributed by atoms with Crippen molar-refractivity contribution in [2.24, 2.45) is 5.92 Å². The Balaban J connectivity index is 0.00000180. The lowest BCUT2D eigenvalue weighted by Crippen LogP contribution is -2.33. The second-order valence-corrected chi connectivity index (χ2v) is 6.07. The molecule has 116 valence electrons. The molecule has 0 saturated carbocycles. The molecule has 1 aromatic rings. The van der Waals surface area contributed by atoms with Gasteiger partial charge in [-0.2, -0.15) is 0 Å². The summed E-state index contributed by atoms with van der Waals surface area (Å²) in [7, 11) is 1.87. The number of rotatable bonds is 4. The number of hydrogen-bond acceptors (Lipinski definition) is 4. The average Bonchev–Trinajstić information content (AvgIpc) is 2.76. The number of piperidine rings is 1. The highest BCUT2D eigenvalue weighted by Crippen LogP contribution is 2.18. The lowest BCUT2D eigenvalue weighted by Gasteiger charge is -2.24. The molecule has 2 rings (SSSR count). The van der Waals surface area contributed by atoms with Crippen LogP contribution in [0.1, 0.15) is 30.0 Å². The number of thiazole rings is 1. The summed E-state index contributed by atoms with van der Waals surface area (Å²) in [5, 5.41) is 6.42. The summed E-state index contributed by atoms with van der Waals surface area (Å²) < 4.78 is 0. The van der Waals surface area contributed by atoms with Gasteiger partial charge in [-0.1, -0.05) is 0 Å². The van der Waals surface area contributed by atoms with E-state index in [1.54, 1.807) is 16.2 Å². The number of carbonyl (C=O) groups excluding carboxylic acids is 1. The third-order valence-corrected chi connectivity index (χ3v) is 4.24. The van der Waals surface area contributed by atoms with Gasteiger partial charge in [-0.3, -0.25) is 4.79 Å². The third-order valence-electron chi connectivity index (χ3n) is 3.41. The average molecular weight is 340 g/mol. The van der Waals surface area contributed by atoms with Gasteiger partial charge >= 0.3 is 0 Å². The number of carbonyl (C=O) groups is 1. The molecule has 1 aliphatic rings. The minimum Gasteiger partial charge on any atom is -0.340 e. The van der Waals surface area contributed by atoms with Gasteiger partial charge in [0.05, 0.1) is 17.2 Å². The van der Waals surface area contributed by atoms with Crippen molar-refractivity contribution in [3.63, 3.8) is 0 Å². The van der Waals surface area contributed by atoms with E-state index in [2.05, 4.69) is 10.3 Å². The Morgan fingerprint density at radius 3 is 2.65 bits per heavy atom. The van der Waals surface area contributed by atoms with Crippen molar-refractivity contribution in [2.45, 2.75) is 32.7 Å². The van der Waals surface area contributed by atoms with E-state index in [0.29, 0.717) is 18.9 Å². The third kappa shape index (κ3) is 5.95. The summed E-state index contributed by atoms with van der Waals surface area (Å²) in [4.78, 5) is 18.3. The van der Waals surface area contributed by atoms with Crippen LogP contribution in [0.25, 0.3) is 0 Å². The molecule has 20 heavy (non-hydrogen) atoms. The van der Waals surface area contributed by atoms with Crippen LogP contribution < -0.4 is 5.32 Å². The highest BCUT2D eigenvalue weighted by molar-refractivity contribution is 7.09. The second-order valence-electron chi connectivity index (χ2n) is 5.01. The Morgan fingerprint density at radius 1 is 1.45 bits per heavy atom. The number of hydrogen-bond donors (Lipinski definition) is 1. The summed E-state index contributed by atoms with van der Waals surface area (Å²) in [6.07, 6.45) is 2.92. The zero-order valence-electron chi connectivity index (χ0n) is 11.9. The lowest BCUT2D eigenvalue weighted by molar-refractivity contribution is -0.131. The molecule has 0 aliphatic carbocycles. The SMILES string of the molecule is Cc1nc(CN(C)C(=O)CC2CCNCC2)cs1.Cl.Cl. The molecule has 1 amide bonds. The molecule has 0 bridgehead atoms. The summed E-state index contributed by atoms with van der Waals surface area (Å²) in [5.41, 5.74) is 0.999. The van der Waals surface area contributed by atoms with Crippen molar-refractivity contribution in [1.29, 1.82) is 0 Å². The molecule has 1 saturated heterocycles. The van der Waals surface area contributed by atoms with Gasteiger partial charge in [0, 0.05) is 18.8 Å². The molecule has 2 heterocycles. The molecule has 1 aromatic heterocycles. The van der Waals surface area contributed by atoms with Gasteiger partial charge in [-0.05, 0) is 38.8 Å². The Bertz CT molecular complexity index is 408. The zero-order valence-corrected chi connectivity index (χ0v) is 14.4. The van der Waals surface area contributed by atoms with Crippen molar-refractivity contribution in [3.8, 4) is 0 Å². The number of amides is 1. The number of nitrogens with zero attached hydrogens (tertiary/aromatic N) is 2. The minimum atomic E-state index is 0. The van der Waals surface area contributed by atoms with Gasteiger partial charge in [-0.25, -0.2) is 4.98 Å². The molecule has 0 unspecified atom stereocenters. The Morgan fingerprint density at radius 2 is 2.10 bits per heavy atom. The quantitative estimate of drug-likeness (QED) is 0.917. The predicted octanol–water partition coefficient (Wildman–Crippen LogP) is 2.64. The maximum atomic E-state index is 12.1. The number of halogens is 2. The van der Waals surface area contributed by atoms with Gasteiger partial charge in [0.25, 0.3) is 0 Å². The Kier molecular flexibility index (Phi) is 9.38. The molecule has 1 aliphatic heterocycles. The number of aromatic nitrogens is 1. The van der Waals surface area contributed by atoms with E-state index in [9.17, 15) is 4.79 Å². The van der Waals surface area contributed by atoms with Crippen LogP contribution >= 0.6 is 36.2 Å².